The van der Waals surface area contributed by atoms with Gasteiger partial charge in [-0.25, -0.2) is 0 Å². The fourth-order valence-corrected chi connectivity index (χ4v) is 3.82. The predicted octanol–water partition coefficient (Wildman–Crippen LogP) is 3.69. The highest BCUT2D eigenvalue weighted by Crippen LogP contribution is 2.35. The average Bonchev–Trinajstić information content (AvgIpc) is 2.97. The van der Waals surface area contributed by atoms with Crippen LogP contribution in [0.5, 0.6) is 0 Å². The molecule has 98 valence electrons. The summed E-state index contributed by atoms with van der Waals surface area (Å²) < 4.78 is 2.02. The van der Waals surface area contributed by atoms with E-state index < -0.39 is 0 Å². The Morgan fingerprint density at radius 1 is 1.37 bits per heavy atom. The first kappa shape index (κ1) is 12.7. The molecule has 0 unspecified atom stereocenters. The van der Waals surface area contributed by atoms with E-state index in [1.54, 1.807) is 0 Å². The third-order valence-electron chi connectivity index (χ3n) is 3.24. The molecule has 1 amide bonds. The molecule has 0 aliphatic heterocycles. The molecular weight excluding hydrogens is 324 g/mol. The number of fused-ring (bicyclic) bond motifs is 1. The molecule has 3 nitrogen and oxygen atoms in total. The van der Waals surface area contributed by atoms with E-state index >= 15 is 0 Å². The molecule has 1 aliphatic carbocycles. The van der Waals surface area contributed by atoms with Crippen LogP contribution in [-0.2, 0) is 0 Å². The first-order chi connectivity index (χ1) is 9.15. The zero-order valence-corrected chi connectivity index (χ0v) is 12.6. The molecule has 2 aromatic rings. The lowest BCUT2D eigenvalue weighted by Crippen LogP contribution is -2.32. The van der Waals surface area contributed by atoms with E-state index in [1.165, 1.54) is 11.3 Å². The van der Waals surface area contributed by atoms with Gasteiger partial charge in [-0.2, -0.15) is 0 Å². The summed E-state index contributed by atoms with van der Waals surface area (Å²) in [4.78, 5) is 12.9. The van der Waals surface area contributed by atoms with Crippen LogP contribution >= 0.6 is 27.3 Å². The first-order valence-electron chi connectivity index (χ1n) is 6.08. The molecule has 1 aromatic heterocycles. The lowest BCUT2D eigenvalue weighted by Gasteiger charge is -2.11. The number of hydrogen-bond donors (Lipinski definition) is 2. The standard InChI is InChI=1S/C14H13BrN2OS/c15-8-5-6-10-11(7-8)19-13(12(10)16)14(18)17-9-3-1-2-4-9/h1-2,5-7,9H,3-4,16H2,(H,17,18). The Bertz CT molecular complexity index is 669. The summed E-state index contributed by atoms with van der Waals surface area (Å²) in [6.45, 7) is 0. The molecule has 5 heteroatoms. The summed E-state index contributed by atoms with van der Waals surface area (Å²) in [5.41, 5.74) is 6.66. The molecule has 1 aromatic carbocycles. The number of carbonyl (C=O) groups is 1. The van der Waals surface area contributed by atoms with Crippen LogP contribution in [0.1, 0.15) is 22.5 Å². The molecule has 0 radical (unpaired) electrons. The van der Waals surface area contributed by atoms with Gasteiger partial charge in [0.25, 0.3) is 5.91 Å². The van der Waals surface area contributed by atoms with E-state index in [-0.39, 0.29) is 11.9 Å². The number of nitrogens with two attached hydrogens (primary N) is 1. The van der Waals surface area contributed by atoms with Gasteiger partial charge in [-0.05, 0) is 25.0 Å². The molecule has 3 N–H and O–H groups in total. The summed E-state index contributed by atoms with van der Waals surface area (Å²) in [5.74, 6) is -0.0662. The monoisotopic (exact) mass is 336 g/mol. The molecule has 1 aliphatic rings. The zero-order valence-electron chi connectivity index (χ0n) is 10.2. The SMILES string of the molecule is Nc1c(C(=O)NC2CC=CC2)sc2cc(Br)ccc12. The van der Waals surface area contributed by atoms with E-state index in [1.807, 2.05) is 18.2 Å². The molecular formula is C14H13BrN2OS. The molecule has 0 bridgehead atoms. The van der Waals surface area contributed by atoms with Gasteiger partial charge in [-0.1, -0.05) is 34.1 Å². The van der Waals surface area contributed by atoms with E-state index in [0.717, 1.165) is 27.4 Å². The van der Waals surface area contributed by atoms with Gasteiger partial charge in [0, 0.05) is 20.6 Å². The number of rotatable bonds is 2. The van der Waals surface area contributed by atoms with Gasteiger partial charge in [0.15, 0.2) is 0 Å². The van der Waals surface area contributed by atoms with Crippen LogP contribution in [-0.4, -0.2) is 11.9 Å². The van der Waals surface area contributed by atoms with E-state index in [2.05, 4.69) is 33.4 Å². The predicted molar refractivity (Wildman–Crippen MR) is 83.6 cm³/mol. The molecule has 0 atom stereocenters. The van der Waals surface area contributed by atoms with Gasteiger partial charge in [-0.15, -0.1) is 11.3 Å². The van der Waals surface area contributed by atoms with Crippen molar-refractivity contribution >= 4 is 48.9 Å². The normalized spacial score (nSPS) is 15.2. The first-order valence-corrected chi connectivity index (χ1v) is 7.69. The van der Waals surface area contributed by atoms with Gasteiger partial charge < -0.3 is 11.1 Å². The fourth-order valence-electron chi connectivity index (χ4n) is 2.25. The minimum atomic E-state index is -0.0662. The van der Waals surface area contributed by atoms with Crippen LogP contribution in [0.15, 0.2) is 34.8 Å². The summed E-state index contributed by atoms with van der Waals surface area (Å²) in [7, 11) is 0. The Balaban J connectivity index is 1.91. The van der Waals surface area contributed by atoms with Crippen molar-refractivity contribution in [2.75, 3.05) is 5.73 Å². The van der Waals surface area contributed by atoms with Crippen molar-refractivity contribution in [3.8, 4) is 0 Å². The third-order valence-corrected chi connectivity index (χ3v) is 4.90. The fraction of sp³-hybridized carbons (Fsp3) is 0.214. The Hall–Kier alpha value is -1.33. The molecule has 0 spiro atoms. The number of thiophene rings is 1. The Labute approximate surface area is 123 Å². The number of hydrogen-bond acceptors (Lipinski definition) is 3. The number of nitrogen functional groups attached to an aromatic ring is 1. The van der Waals surface area contributed by atoms with Crippen molar-refractivity contribution in [3.63, 3.8) is 0 Å². The summed E-state index contributed by atoms with van der Waals surface area (Å²) in [6.07, 6.45) is 6.00. The van der Waals surface area contributed by atoms with Crippen molar-refractivity contribution in [2.45, 2.75) is 18.9 Å². The lowest BCUT2D eigenvalue weighted by molar-refractivity contribution is 0.0944. The number of carbonyl (C=O) groups excluding carboxylic acids is 1. The van der Waals surface area contributed by atoms with Crippen molar-refractivity contribution in [1.82, 2.24) is 5.32 Å². The topological polar surface area (TPSA) is 55.1 Å². The number of anilines is 1. The van der Waals surface area contributed by atoms with E-state index in [0.29, 0.717) is 10.6 Å². The van der Waals surface area contributed by atoms with Crippen LogP contribution in [0.4, 0.5) is 5.69 Å². The van der Waals surface area contributed by atoms with E-state index in [4.69, 9.17) is 5.73 Å². The maximum atomic E-state index is 12.3. The largest absolute Gasteiger partial charge is 0.397 e. The van der Waals surface area contributed by atoms with Crippen LogP contribution < -0.4 is 11.1 Å². The summed E-state index contributed by atoms with van der Waals surface area (Å²) >= 11 is 4.87. The molecule has 19 heavy (non-hydrogen) atoms. The molecule has 0 saturated carbocycles. The minimum Gasteiger partial charge on any atom is -0.397 e. The zero-order chi connectivity index (χ0) is 13.4. The number of nitrogens with one attached hydrogen (secondary N) is 1. The van der Waals surface area contributed by atoms with Gasteiger partial charge in [0.2, 0.25) is 0 Å². The second-order valence-electron chi connectivity index (χ2n) is 4.60. The van der Waals surface area contributed by atoms with E-state index in [9.17, 15) is 4.79 Å². The number of halogens is 1. The molecule has 1 heterocycles. The maximum Gasteiger partial charge on any atom is 0.263 e. The Morgan fingerprint density at radius 3 is 2.84 bits per heavy atom. The van der Waals surface area contributed by atoms with Crippen LogP contribution in [0.3, 0.4) is 0 Å². The second kappa shape index (κ2) is 4.98. The highest BCUT2D eigenvalue weighted by Gasteiger charge is 2.20. The Kier molecular flexibility index (Phi) is 3.33. The van der Waals surface area contributed by atoms with Crippen molar-refractivity contribution in [3.05, 3.63) is 39.7 Å². The quantitative estimate of drug-likeness (QED) is 0.821. The third kappa shape index (κ3) is 2.40. The van der Waals surface area contributed by atoms with Crippen LogP contribution in [0, 0.1) is 0 Å². The van der Waals surface area contributed by atoms with Crippen molar-refractivity contribution in [2.24, 2.45) is 0 Å². The lowest BCUT2D eigenvalue weighted by atomic mass is 10.2. The van der Waals surface area contributed by atoms with Gasteiger partial charge in [0.1, 0.15) is 4.88 Å². The summed E-state index contributed by atoms with van der Waals surface area (Å²) in [6, 6.07) is 6.08. The number of benzene rings is 1. The van der Waals surface area contributed by atoms with Crippen molar-refractivity contribution < 1.29 is 4.79 Å². The van der Waals surface area contributed by atoms with Gasteiger partial charge in [0.05, 0.1) is 5.69 Å². The Morgan fingerprint density at radius 2 is 2.11 bits per heavy atom. The molecule has 0 fully saturated rings. The van der Waals surface area contributed by atoms with Crippen LogP contribution in [0.25, 0.3) is 10.1 Å². The van der Waals surface area contributed by atoms with Gasteiger partial charge >= 0.3 is 0 Å². The highest BCUT2D eigenvalue weighted by molar-refractivity contribution is 9.10. The smallest absolute Gasteiger partial charge is 0.263 e. The number of amides is 1. The molecule has 3 rings (SSSR count). The van der Waals surface area contributed by atoms with Crippen molar-refractivity contribution in [1.29, 1.82) is 0 Å². The van der Waals surface area contributed by atoms with Crippen LogP contribution in [0.2, 0.25) is 0 Å². The van der Waals surface area contributed by atoms with Gasteiger partial charge in [-0.3, -0.25) is 4.79 Å². The maximum absolute atomic E-state index is 12.3. The summed E-state index contributed by atoms with van der Waals surface area (Å²) in [5, 5.41) is 3.98. The minimum absolute atomic E-state index is 0.0662. The highest BCUT2D eigenvalue weighted by atomic mass is 79.9. The second-order valence-corrected chi connectivity index (χ2v) is 6.57. The molecule has 0 saturated heterocycles. The average molecular weight is 337 g/mol.